The highest BCUT2D eigenvalue weighted by molar-refractivity contribution is 6.31. The number of nitrogens with one attached hydrogen (secondary N) is 1. The van der Waals surface area contributed by atoms with Gasteiger partial charge in [-0.3, -0.25) is 4.79 Å². The molecule has 1 aromatic rings. The van der Waals surface area contributed by atoms with E-state index in [4.69, 9.17) is 11.6 Å². The number of rotatable bonds is 6. The van der Waals surface area contributed by atoms with Crippen LogP contribution in [0.25, 0.3) is 0 Å². The topological polar surface area (TPSA) is 49.3 Å². The minimum Gasteiger partial charge on any atom is -0.394 e. The molecule has 0 bridgehead atoms. The number of aliphatic hydroxyl groups is 1. The summed E-state index contributed by atoms with van der Waals surface area (Å²) in [6, 6.07) is 4.00. The third-order valence-electron chi connectivity index (χ3n) is 2.74. The number of benzene rings is 1. The molecule has 0 aliphatic carbocycles. The fraction of sp³-hybridized carbons (Fsp3) is 0.500. The molecule has 1 unspecified atom stereocenters. The van der Waals surface area contributed by atoms with Crippen molar-refractivity contribution in [3.63, 3.8) is 0 Å². The summed E-state index contributed by atoms with van der Waals surface area (Å²) >= 11 is 5.86. The van der Waals surface area contributed by atoms with E-state index in [1.807, 2.05) is 13.8 Å². The predicted octanol–water partition coefficient (Wildman–Crippen LogP) is 2.54. The molecular weight excluding hydrogens is 269 g/mol. The van der Waals surface area contributed by atoms with Crippen molar-refractivity contribution in [3.05, 3.63) is 34.6 Å². The van der Waals surface area contributed by atoms with Gasteiger partial charge in [0.25, 0.3) is 0 Å². The van der Waals surface area contributed by atoms with Crippen LogP contribution in [0.15, 0.2) is 18.2 Å². The van der Waals surface area contributed by atoms with Crippen LogP contribution in [-0.2, 0) is 11.2 Å². The Morgan fingerprint density at radius 3 is 2.68 bits per heavy atom. The first kappa shape index (κ1) is 15.9. The van der Waals surface area contributed by atoms with Gasteiger partial charge in [0.15, 0.2) is 0 Å². The summed E-state index contributed by atoms with van der Waals surface area (Å²) in [6.45, 7) is 3.88. The molecule has 19 heavy (non-hydrogen) atoms. The van der Waals surface area contributed by atoms with E-state index in [0.29, 0.717) is 12.3 Å². The number of carbonyl (C=O) groups excluding carboxylic acids is 1. The number of halogens is 2. The molecule has 0 fully saturated rings. The van der Waals surface area contributed by atoms with Gasteiger partial charge in [0.1, 0.15) is 5.82 Å². The highest BCUT2D eigenvalue weighted by Gasteiger charge is 2.16. The molecule has 5 heteroatoms. The Labute approximate surface area is 117 Å². The normalized spacial score (nSPS) is 12.5. The van der Waals surface area contributed by atoms with Crippen molar-refractivity contribution in [1.29, 1.82) is 0 Å². The molecule has 0 saturated heterocycles. The molecule has 1 aromatic carbocycles. The molecule has 0 aliphatic rings. The van der Waals surface area contributed by atoms with Crippen LogP contribution < -0.4 is 5.32 Å². The first-order valence-electron chi connectivity index (χ1n) is 6.27. The van der Waals surface area contributed by atoms with Crippen LogP contribution in [0, 0.1) is 11.7 Å². The summed E-state index contributed by atoms with van der Waals surface area (Å²) < 4.78 is 13.5. The molecule has 0 saturated carbocycles. The van der Waals surface area contributed by atoms with Crippen LogP contribution in [0.1, 0.15) is 25.8 Å². The average molecular weight is 288 g/mol. The van der Waals surface area contributed by atoms with Crippen LogP contribution >= 0.6 is 11.6 Å². The van der Waals surface area contributed by atoms with E-state index in [1.165, 1.54) is 12.1 Å². The third-order valence-corrected chi connectivity index (χ3v) is 3.09. The van der Waals surface area contributed by atoms with Crippen LogP contribution in [-0.4, -0.2) is 23.7 Å². The van der Waals surface area contributed by atoms with Gasteiger partial charge in [-0.1, -0.05) is 31.5 Å². The van der Waals surface area contributed by atoms with E-state index >= 15 is 0 Å². The molecule has 0 aliphatic heterocycles. The molecular formula is C14H19ClFNO2. The Balaban J connectivity index is 2.64. The standard InChI is InChI=1S/C14H19ClFNO2/c1-9(2)6-10(8-18)17-14(19)7-11-12(15)4-3-5-13(11)16/h3-5,9-10,18H,6-8H2,1-2H3,(H,17,19). The van der Waals surface area contributed by atoms with Gasteiger partial charge in [-0.05, 0) is 24.5 Å². The quantitative estimate of drug-likeness (QED) is 0.845. The molecule has 0 heterocycles. The molecule has 1 atom stereocenters. The SMILES string of the molecule is CC(C)CC(CO)NC(=O)Cc1c(F)cccc1Cl. The van der Waals surface area contributed by atoms with Crippen molar-refractivity contribution >= 4 is 17.5 Å². The number of aliphatic hydroxyl groups excluding tert-OH is 1. The molecule has 0 radical (unpaired) electrons. The minimum absolute atomic E-state index is 0.125. The summed E-state index contributed by atoms with van der Waals surface area (Å²) in [5, 5.41) is 12.1. The zero-order valence-electron chi connectivity index (χ0n) is 11.1. The summed E-state index contributed by atoms with van der Waals surface area (Å²) in [5.74, 6) is -0.478. The van der Waals surface area contributed by atoms with Crippen LogP contribution in [0.2, 0.25) is 5.02 Å². The Bertz CT molecular complexity index is 417. The molecule has 0 spiro atoms. The zero-order valence-corrected chi connectivity index (χ0v) is 11.9. The van der Waals surface area contributed by atoms with Crippen LogP contribution in [0.5, 0.6) is 0 Å². The minimum atomic E-state index is -0.493. The van der Waals surface area contributed by atoms with Crippen molar-refractivity contribution in [1.82, 2.24) is 5.32 Å². The van der Waals surface area contributed by atoms with Gasteiger partial charge in [-0.15, -0.1) is 0 Å². The maximum Gasteiger partial charge on any atom is 0.224 e. The van der Waals surface area contributed by atoms with E-state index < -0.39 is 5.82 Å². The second-order valence-corrected chi connectivity index (χ2v) is 5.36. The monoisotopic (exact) mass is 287 g/mol. The lowest BCUT2D eigenvalue weighted by molar-refractivity contribution is -0.121. The summed E-state index contributed by atoms with van der Waals surface area (Å²) in [6.07, 6.45) is 0.549. The van der Waals surface area contributed by atoms with Crippen molar-refractivity contribution in [2.75, 3.05) is 6.61 Å². The Kier molecular flexibility index (Phi) is 6.25. The highest BCUT2D eigenvalue weighted by Crippen LogP contribution is 2.19. The first-order valence-corrected chi connectivity index (χ1v) is 6.65. The van der Waals surface area contributed by atoms with Crippen molar-refractivity contribution in [2.24, 2.45) is 5.92 Å². The number of hydrogen-bond acceptors (Lipinski definition) is 2. The van der Waals surface area contributed by atoms with Crippen molar-refractivity contribution < 1.29 is 14.3 Å². The van der Waals surface area contributed by atoms with Gasteiger partial charge in [0.2, 0.25) is 5.91 Å². The third kappa shape index (κ3) is 5.17. The lowest BCUT2D eigenvalue weighted by Gasteiger charge is -2.18. The zero-order chi connectivity index (χ0) is 14.4. The predicted molar refractivity (Wildman–Crippen MR) is 73.6 cm³/mol. The van der Waals surface area contributed by atoms with Gasteiger partial charge in [-0.25, -0.2) is 4.39 Å². The van der Waals surface area contributed by atoms with E-state index in [-0.39, 0.29) is 35.6 Å². The number of amides is 1. The molecule has 3 nitrogen and oxygen atoms in total. The summed E-state index contributed by atoms with van der Waals surface area (Å²) in [7, 11) is 0. The maximum absolute atomic E-state index is 13.5. The van der Waals surface area contributed by atoms with Gasteiger partial charge in [0.05, 0.1) is 19.1 Å². The Morgan fingerprint density at radius 1 is 1.47 bits per heavy atom. The van der Waals surface area contributed by atoms with Gasteiger partial charge in [-0.2, -0.15) is 0 Å². The summed E-state index contributed by atoms with van der Waals surface area (Å²) in [4.78, 5) is 11.8. The van der Waals surface area contributed by atoms with Gasteiger partial charge in [0, 0.05) is 10.6 Å². The molecule has 0 aromatic heterocycles. The maximum atomic E-state index is 13.5. The number of carbonyl (C=O) groups is 1. The van der Waals surface area contributed by atoms with E-state index in [9.17, 15) is 14.3 Å². The van der Waals surface area contributed by atoms with Gasteiger partial charge >= 0.3 is 0 Å². The van der Waals surface area contributed by atoms with Gasteiger partial charge < -0.3 is 10.4 Å². The molecule has 2 N–H and O–H groups in total. The smallest absolute Gasteiger partial charge is 0.224 e. The summed E-state index contributed by atoms with van der Waals surface area (Å²) in [5.41, 5.74) is 0.183. The second-order valence-electron chi connectivity index (χ2n) is 4.95. The van der Waals surface area contributed by atoms with E-state index in [2.05, 4.69) is 5.32 Å². The van der Waals surface area contributed by atoms with Crippen molar-refractivity contribution in [3.8, 4) is 0 Å². The average Bonchev–Trinajstić information content (AvgIpc) is 2.32. The lowest BCUT2D eigenvalue weighted by Crippen LogP contribution is -2.39. The fourth-order valence-electron chi connectivity index (χ4n) is 1.89. The van der Waals surface area contributed by atoms with Crippen LogP contribution in [0.4, 0.5) is 4.39 Å². The Hall–Kier alpha value is -1.13. The van der Waals surface area contributed by atoms with Crippen LogP contribution in [0.3, 0.4) is 0 Å². The lowest BCUT2D eigenvalue weighted by atomic mass is 10.0. The van der Waals surface area contributed by atoms with E-state index in [1.54, 1.807) is 6.07 Å². The van der Waals surface area contributed by atoms with E-state index in [0.717, 1.165) is 0 Å². The Morgan fingerprint density at radius 2 is 2.16 bits per heavy atom. The largest absolute Gasteiger partial charge is 0.394 e. The van der Waals surface area contributed by atoms with Crippen molar-refractivity contribution in [2.45, 2.75) is 32.7 Å². The number of hydrogen-bond donors (Lipinski definition) is 2. The molecule has 1 rings (SSSR count). The highest BCUT2D eigenvalue weighted by atomic mass is 35.5. The second kappa shape index (κ2) is 7.46. The molecule has 106 valence electrons. The first-order chi connectivity index (χ1) is 8.93. The molecule has 1 amide bonds. The fourth-order valence-corrected chi connectivity index (χ4v) is 2.12.